The fourth-order valence-corrected chi connectivity index (χ4v) is 1.49. The molecule has 0 atom stereocenters. The van der Waals surface area contributed by atoms with Crippen LogP contribution in [0.25, 0.3) is 0 Å². The first kappa shape index (κ1) is 34.2. The summed E-state index contributed by atoms with van der Waals surface area (Å²) in [6.45, 7) is 23.2. The van der Waals surface area contributed by atoms with Gasteiger partial charge in [0.2, 0.25) is 0 Å². The number of benzene rings is 1. The normalized spacial score (nSPS) is 6.12. The molecule has 1 rings (SSSR count). The molecule has 0 fully saturated rings. The summed E-state index contributed by atoms with van der Waals surface area (Å²) in [6, 6.07) is 10.0. The van der Waals surface area contributed by atoms with Gasteiger partial charge in [-0.1, -0.05) is 0 Å². The molecule has 7 heteroatoms. The van der Waals surface area contributed by atoms with Crippen molar-refractivity contribution in [2.75, 3.05) is 6.61 Å². The van der Waals surface area contributed by atoms with Crippen molar-refractivity contribution in [3.05, 3.63) is 69.1 Å². The zero-order valence-electron chi connectivity index (χ0n) is 13.2. The first-order chi connectivity index (χ1) is 12.3. The summed E-state index contributed by atoms with van der Waals surface area (Å²) in [6.07, 6.45) is 8.02. The van der Waals surface area contributed by atoms with Gasteiger partial charge in [0.05, 0.1) is 0 Å². The van der Waals surface area contributed by atoms with E-state index in [1.807, 2.05) is 30.3 Å². The van der Waals surface area contributed by atoms with E-state index in [1.165, 1.54) is 0 Å². The molecule has 0 aromatic heterocycles. The van der Waals surface area contributed by atoms with Crippen molar-refractivity contribution in [2.24, 2.45) is 0 Å². The van der Waals surface area contributed by atoms with Gasteiger partial charge in [-0.3, -0.25) is 0 Å². The Hall–Kier alpha value is -2.16. The number of hydrogen-bond acceptors (Lipinski definition) is 1. The Balaban J connectivity index is -0.000000114. The van der Waals surface area contributed by atoms with Crippen LogP contribution in [0.1, 0.15) is 24.8 Å². The van der Waals surface area contributed by atoms with Crippen molar-refractivity contribution in [1.29, 1.82) is 0 Å². The van der Waals surface area contributed by atoms with Gasteiger partial charge >= 0.3 is 156 Å². The maximum atomic E-state index is 7.50. The third-order valence-electron chi connectivity index (χ3n) is 1.96. The van der Waals surface area contributed by atoms with Crippen LogP contribution in [-0.4, -0.2) is 11.2 Å². The van der Waals surface area contributed by atoms with Gasteiger partial charge < -0.3 is 0 Å². The first-order valence-corrected chi connectivity index (χ1v) is 6.66. The van der Waals surface area contributed by atoms with Gasteiger partial charge in [0.1, 0.15) is 0 Å². The van der Waals surface area contributed by atoms with E-state index in [0.717, 1.165) is 36.0 Å². The zero-order chi connectivity index (χ0) is 20.9. The quantitative estimate of drug-likeness (QED) is 0.322. The molecule has 1 aromatic rings. The van der Waals surface area contributed by atoms with Crippen molar-refractivity contribution >= 4 is 4.57 Å². The van der Waals surface area contributed by atoms with Crippen molar-refractivity contribution in [3.63, 3.8) is 0 Å². The van der Waals surface area contributed by atoms with Crippen LogP contribution in [0.5, 0.6) is 0 Å². The number of ether oxygens (including phenoxy) is 1. The van der Waals surface area contributed by atoms with Crippen LogP contribution in [-0.2, 0) is 43.8 Å². The average Bonchev–Trinajstić information content (AvgIpc) is 2.75. The molecule has 0 saturated heterocycles. The SMILES string of the molecule is C#CCCCCO[C](=[Cr])c1ccccc1.[C-]#[O+].[C-]#[O+].[C-]#[O+].[C-]#[O+].[C-]#[O+]. The molecule has 1 aromatic carbocycles. The first-order valence-electron chi connectivity index (χ1n) is 6.02. The molecule has 0 amide bonds. The summed E-state index contributed by atoms with van der Waals surface area (Å²) in [5.74, 6) is 2.62. The summed E-state index contributed by atoms with van der Waals surface area (Å²) in [5.41, 5.74) is 1.09. The molecule has 0 unspecified atom stereocenters. The van der Waals surface area contributed by atoms with E-state index in [9.17, 15) is 0 Å². The summed E-state index contributed by atoms with van der Waals surface area (Å²) < 4.78 is 43.9. The van der Waals surface area contributed by atoms with Gasteiger partial charge in [0, 0.05) is 0 Å². The molecule has 0 spiro atoms. The fourth-order valence-electron chi connectivity index (χ4n) is 1.15. The molecular formula is C18H14CrO6. The van der Waals surface area contributed by atoms with E-state index in [0.29, 0.717) is 0 Å². The summed E-state index contributed by atoms with van der Waals surface area (Å²) >= 11 is 2.94. The predicted octanol–water partition coefficient (Wildman–Crippen LogP) is 2.34. The Labute approximate surface area is 156 Å². The minimum atomic E-state index is 0.721. The van der Waals surface area contributed by atoms with E-state index >= 15 is 0 Å². The van der Waals surface area contributed by atoms with Crippen molar-refractivity contribution in [1.82, 2.24) is 0 Å². The summed E-state index contributed by atoms with van der Waals surface area (Å²) in [4.78, 5) is 0. The molecule has 0 aliphatic heterocycles. The Morgan fingerprint density at radius 3 is 1.72 bits per heavy atom. The Kier molecular flexibility index (Phi) is 59.0. The fraction of sp³-hybridized carbons (Fsp3) is 0.222. The monoisotopic (exact) mass is 378 g/mol. The van der Waals surface area contributed by atoms with Crippen LogP contribution in [0.4, 0.5) is 0 Å². The second-order valence-electron chi connectivity index (χ2n) is 3.16. The van der Waals surface area contributed by atoms with Crippen molar-refractivity contribution in [2.45, 2.75) is 19.3 Å². The summed E-state index contributed by atoms with van der Waals surface area (Å²) in [5, 5.41) is 0. The molecular weight excluding hydrogens is 364 g/mol. The molecule has 0 bridgehead atoms. The van der Waals surface area contributed by atoms with Gasteiger partial charge in [-0.05, 0) is 0 Å². The van der Waals surface area contributed by atoms with Crippen molar-refractivity contribution < 1.29 is 43.8 Å². The molecule has 0 N–H and O–H groups in total. The van der Waals surface area contributed by atoms with Gasteiger partial charge in [-0.15, -0.1) is 0 Å². The van der Waals surface area contributed by atoms with Crippen LogP contribution >= 0.6 is 0 Å². The standard InChI is InChI=1S/C13H14O.5CO.Cr/c1-2-3-4-8-11-14-12-13-9-6-5-7-10-13;5*1-2;/h1,5-7,9-10H,3-4,8,11H2;;;;;;. The van der Waals surface area contributed by atoms with E-state index in [-0.39, 0.29) is 0 Å². The number of rotatable bonds is 6. The molecule has 6 nitrogen and oxygen atoms in total. The van der Waals surface area contributed by atoms with Gasteiger partial charge in [0.25, 0.3) is 0 Å². The molecule has 0 radical (unpaired) electrons. The van der Waals surface area contributed by atoms with E-state index in [4.69, 9.17) is 34.4 Å². The molecule has 0 aliphatic rings. The number of unbranched alkanes of at least 4 members (excludes halogenated alkanes) is 2. The summed E-state index contributed by atoms with van der Waals surface area (Å²) in [7, 11) is 0. The third-order valence-corrected chi connectivity index (χ3v) is 2.51. The zero-order valence-corrected chi connectivity index (χ0v) is 14.4. The second-order valence-corrected chi connectivity index (χ2v) is 3.74. The molecule has 128 valence electrons. The number of terminal acetylenes is 1. The average molecular weight is 378 g/mol. The van der Waals surface area contributed by atoms with Gasteiger partial charge in [-0.2, -0.15) is 0 Å². The predicted molar refractivity (Wildman–Crippen MR) is 78.8 cm³/mol. The number of hydrogen-bond donors (Lipinski definition) is 0. The van der Waals surface area contributed by atoms with Crippen LogP contribution < -0.4 is 0 Å². The topological polar surface area (TPSA) is 109 Å². The maximum absolute atomic E-state index is 7.50. The molecule has 0 aliphatic carbocycles. The Morgan fingerprint density at radius 2 is 1.32 bits per heavy atom. The van der Waals surface area contributed by atoms with Gasteiger partial charge in [0.15, 0.2) is 0 Å². The van der Waals surface area contributed by atoms with Crippen LogP contribution in [0.2, 0.25) is 0 Å². The molecule has 0 heterocycles. The Morgan fingerprint density at radius 1 is 0.880 bits per heavy atom. The van der Waals surface area contributed by atoms with Gasteiger partial charge in [-0.25, -0.2) is 0 Å². The third kappa shape index (κ3) is 30.3. The van der Waals surface area contributed by atoms with E-state index in [2.05, 4.69) is 55.0 Å². The van der Waals surface area contributed by atoms with Crippen LogP contribution in [0.15, 0.2) is 30.3 Å². The van der Waals surface area contributed by atoms with Crippen LogP contribution in [0, 0.1) is 45.6 Å². The molecule has 0 saturated carbocycles. The molecule has 25 heavy (non-hydrogen) atoms. The Bertz CT molecular complexity index is 500. The van der Waals surface area contributed by atoms with E-state index in [1.54, 1.807) is 0 Å². The second kappa shape index (κ2) is 43.1. The minimum absolute atomic E-state index is 0.721. The van der Waals surface area contributed by atoms with E-state index < -0.39 is 0 Å². The van der Waals surface area contributed by atoms with Crippen LogP contribution in [0.3, 0.4) is 0 Å². The van der Waals surface area contributed by atoms with Crippen molar-refractivity contribution in [3.8, 4) is 12.3 Å².